The lowest BCUT2D eigenvalue weighted by Crippen LogP contribution is -2.63. The van der Waals surface area contributed by atoms with Crippen molar-refractivity contribution in [1.82, 2.24) is 0 Å². The Hall–Kier alpha value is -1.54. The molecule has 0 aromatic heterocycles. The van der Waals surface area contributed by atoms with E-state index < -0.39 is 92.6 Å². The molecule has 0 spiro atoms. The Morgan fingerprint density at radius 1 is 0.725 bits per heavy atom. The second kappa shape index (κ2) is 13.6. The number of hydrogen-bond acceptors (Lipinski definition) is 15. The third kappa shape index (κ3) is 7.08. The molecule has 0 saturated carbocycles. The highest BCUT2D eigenvalue weighted by Gasteiger charge is 2.49. The van der Waals surface area contributed by atoms with Crippen LogP contribution in [0.4, 0.5) is 0 Å². The Balaban J connectivity index is 1.33. The Morgan fingerprint density at radius 3 is 2.08 bits per heavy atom. The van der Waals surface area contributed by atoms with Gasteiger partial charge in [0.1, 0.15) is 66.8 Å². The Bertz CT molecular complexity index is 920. The molecule has 9 N–H and O–H groups in total. The molecule has 1 aromatic carbocycles. The van der Waals surface area contributed by atoms with Gasteiger partial charge in [-0.25, -0.2) is 0 Å². The largest absolute Gasteiger partial charge is 0.508 e. The van der Waals surface area contributed by atoms with Gasteiger partial charge in [-0.05, 0) is 31.0 Å². The molecular formula is C25H38O15. The van der Waals surface area contributed by atoms with Gasteiger partial charge in [-0.3, -0.25) is 0 Å². The molecule has 3 aliphatic rings. The first-order valence-electron chi connectivity index (χ1n) is 13.0. The van der Waals surface area contributed by atoms with Crippen LogP contribution in [0.15, 0.2) is 24.3 Å². The smallest absolute Gasteiger partial charge is 0.186 e. The van der Waals surface area contributed by atoms with Crippen LogP contribution in [-0.2, 0) is 34.8 Å². The van der Waals surface area contributed by atoms with E-state index in [0.29, 0.717) is 6.42 Å². The lowest BCUT2D eigenvalue weighted by atomic mass is 9.98. The van der Waals surface area contributed by atoms with Crippen LogP contribution < -0.4 is 0 Å². The number of aromatic hydroxyl groups is 1. The number of rotatable bonds is 9. The molecule has 4 rings (SSSR count). The Labute approximate surface area is 229 Å². The van der Waals surface area contributed by atoms with E-state index in [1.807, 2.05) is 0 Å². The van der Waals surface area contributed by atoms with E-state index in [0.717, 1.165) is 5.56 Å². The van der Waals surface area contributed by atoms with Gasteiger partial charge in [0.2, 0.25) is 0 Å². The van der Waals surface area contributed by atoms with Crippen LogP contribution in [0.5, 0.6) is 5.75 Å². The molecule has 0 bridgehead atoms. The van der Waals surface area contributed by atoms with Crippen molar-refractivity contribution in [2.24, 2.45) is 0 Å². The Morgan fingerprint density at radius 2 is 1.38 bits per heavy atom. The number of benzene rings is 1. The maximum Gasteiger partial charge on any atom is 0.186 e. The van der Waals surface area contributed by atoms with Gasteiger partial charge in [-0.15, -0.1) is 0 Å². The van der Waals surface area contributed by atoms with Crippen LogP contribution in [0.3, 0.4) is 0 Å². The van der Waals surface area contributed by atoms with Crippen molar-refractivity contribution in [2.45, 2.75) is 99.4 Å². The molecule has 1 aromatic rings. The lowest BCUT2D eigenvalue weighted by Gasteiger charge is -2.45. The van der Waals surface area contributed by atoms with Crippen molar-refractivity contribution in [3.63, 3.8) is 0 Å². The van der Waals surface area contributed by atoms with Gasteiger partial charge >= 0.3 is 0 Å². The van der Waals surface area contributed by atoms with Gasteiger partial charge in [0, 0.05) is 0 Å². The highest BCUT2D eigenvalue weighted by atomic mass is 16.7. The zero-order chi connectivity index (χ0) is 29.1. The summed E-state index contributed by atoms with van der Waals surface area (Å²) >= 11 is 0. The second-order valence-corrected chi connectivity index (χ2v) is 10.2. The van der Waals surface area contributed by atoms with Crippen LogP contribution in [-0.4, -0.2) is 152 Å². The zero-order valence-electron chi connectivity index (χ0n) is 21.7. The summed E-state index contributed by atoms with van der Waals surface area (Å²) in [5.74, 6) is 0.114. The number of aliphatic hydroxyl groups is 8. The molecule has 0 radical (unpaired) electrons. The minimum Gasteiger partial charge on any atom is -0.508 e. The van der Waals surface area contributed by atoms with Crippen LogP contribution in [0.1, 0.15) is 12.5 Å². The summed E-state index contributed by atoms with van der Waals surface area (Å²) in [6.07, 6.45) is -19.7. The van der Waals surface area contributed by atoms with E-state index in [2.05, 4.69) is 0 Å². The molecular weight excluding hydrogens is 540 g/mol. The number of ether oxygens (including phenoxy) is 6. The average molecular weight is 579 g/mol. The normalized spacial score (nSPS) is 44.4. The highest BCUT2D eigenvalue weighted by Crippen LogP contribution is 2.29. The first kappa shape index (κ1) is 31.4. The fraction of sp³-hybridized carbons (Fsp3) is 0.760. The van der Waals surface area contributed by atoms with Crippen molar-refractivity contribution in [1.29, 1.82) is 0 Å². The number of phenolic OH excluding ortho intramolecular Hbond substituents is 1. The molecule has 228 valence electrons. The van der Waals surface area contributed by atoms with Crippen molar-refractivity contribution in [3.05, 3.63) is 29.8 Å². The molecule has 14 atom stereocenters. The second-order valence-electron chi connectivity index (χ2n) is 10.2. The van der Waals surface area contributed by atoms with Crippen LogP contribution >= 0.6 is 0 Å². The van der Waals surface area contributed by atoms with E-state index in [4.69, 9.17) is 28.4 Å². The first-order valence-corrected chi connectivity index (χ1v) is 13.0. The van der Waals surface area contributed by atoms with E-state index in [1.165, 1.54) is 19.1 Å². The van der Waals surface area contributed by atoms with Gasteiger partial charge in [0.25, 0.3) is 0 Å². The summed E-state index contributed by atoms with van der Waals surface area (Å²) in [5, 5.41) is 91.5. The molecule has 0 aliphatic carbocycles. The first-order chi connectivity index (χ1) is 19.0. The van der Waals surface area contributed by atoms with Crippen LogP contribution in [0.25, 0.3) is 0 Å². The molecule has 3 heterocycles. The fourth-order valence-corrected chi connectivity index (χ4v) is 4.69. The van der Waals surface area contributed by atoms with Crippen molar-refractivity contribution >= 4 is 0 Å². The molecule has 40 heavy (non-hydrogen) atoms. The summed E-state index contributed by atoms with van der Waals surface area (Å²) in [6.45, 7) is 0.775. The maximum absolute atomic E-state index is 10.8. The quantitative estimate of drug-likeness (QED) is 0.136. The van der Waals surface area contributed by atoms with E-state index in [1.54, 1.807) is 12.1 Å². The third-order valence-corrected chi connectivity index (χ3v) is 7.23. The fourth-order valence-electron chi connectivity index (χ4n) is 4.69. The number of phenols is 1. The van der Waals surface area contributed by atoms with Crippen molar-refractivity contribution in [3.8, 4) is 5.75 Å². The average Bonchev–Trinajstić information content (AvgIpc) is 2.93. The Kier molecular flexibility index (Phi) is 10.7. The highest BCUT2D eigenvalue weighted by molar-refractivity contribution is 5.25. The predicted molar refractivity (Wildman–Crippen MR) is 129 cm³/mol. The molecule has 3 aliphatic heterocycles. The van der Waals surface area contributed by atoms with Crippen LogP contribution in [0, 0.1) is 0 Å². The SMILES string of the molecule is C[C@H]1O[C@H](OC[C@H]2O[C@@H](OCCc3ccc(O)cc3)[C@@H](O)[C@@H](O)[C@@H]2O)[C@H](O)[C@@H](O[C@H]2OC[C@H](O)[C@H](O)[C@@H]2O)[C@@H]1O. The van der Waals surface area contributed by atoms with Crippen molar-refractivity contribution in [2.75, 3.05) is 19.8 Å². The monoisotopic (exact) mass is 578 g/mol. The summed E-state index contributed by atoms with van der Waals surface area (Å²) in [6, 6.07) is 6.43. The topological polar surface area (TPSA) is 237 Å². The van der Waals surface area contributed by atoms with Crippen molar-refractivity contribution < 1.29 is 74.4 Å². The number of hydrogen-bond donors (Lipinski definition) is 9. The molecule has 3 fully saturated rings. The van der Waals surface area contributed by atoms with Gasteiger partial charge < -0.3 is 74.4 Å². The predicted octanol–water partition coefficient (Wildman–Crippen LogP) is -3.93. The molecule has 0 unspecified atom stereocenters. The molecule has 15 heteroatoms. The summed E-state index contributed by atoms with van der Waals surface area (Å²) in [4.78, 5) is 0. The van der Waals surface area contributed by atoms with Crippen LogP contribution in [0.2, 0.25) is 0 Å². The summed E-state index contributed by atoms with van der Waals surface area (Å²) < 4.78 is 33.1. The summed E-state index contributed by atoms with van der Waals surface area (Å²) in [7, 11) is 0. The maximum atomic E-state index is 10.8. The van der Waals surface area contributed by atoms with Gasteiger partial charge in [0.05, 0.1) is 25.9 Å². The van der Waals surface area contributed by atoms with E-state index in [-0.39, 0.29) is 19.0 Å². The van der Waals surface area contributed by atoms with Gasteiger partial charge in [0.15, 0.2) is 18.9 Å². The molecule has 3 saturated heterocycles. The van der Waals surface area contributed by atoms with Gasteiger partial charge in [-0.1, -0.05) is 12.1 Å². The van der Waals surface area contributed by atoms with Gasteiger partial charge in [-0.2, -0.15) is 0 Å². The standard InChI is InChI=1S/C25H38O15/c1-10-15(28)22(40-24-19(32)16(29)13(27)8-36-24)21(34)25(38-10)37-9-14-17(30)18(31)20(33)23(39-14)35-7-6-11-2-4-12(26)5-3-11/h2-5,10,13-34H,6-9H2,1H3/t10-,13+,14-,15-,16+,17-,18+,19+,20+,21-,22+,23-,24-,25+/m1/s1. The van der Waals surface area contributed by atoms with E-state index >= 15 is 0 Å². The lowest BCUT2D eigenvalue weighted by molar-refractivity contribution is -0.353. The minimum atomic E-state index is -1.66. The molecule has 0 amide bonds. The zero-order valence-corrected chi connectivity index (χ0v) is 21.7. The number of aliphatic hydroxyl groups excluding tert-OH is 8. The summed E-state index contributed by atoms with van der Waals surface area (Å²) in [5.41, 5.74) is 0.844. The third-order valence-electron chi connectivity index (χ3n) is 7.23. The molecule has 15 nitrogen and oxygen atoms in total. The minimum absolute atomic E-state index is 0.0859. The van der Waals surface area contributed by atoms with E-state index in [9.17, 15) is 46.0 Å².